The summed E-state index contributed by atoms with van der Waals surface area (Å²) in [5.74, 6) is 1.89. The first-order valence-corrected chi connectivity index (χ1v) is 48.6. The number of carbonyl (C=O) groups is 8. The number of pyridine rings is 1. The molecule has 0 bridgehead atoms. The number of benzene rings is 1. The van der Waals surface area contributed by atoms with Crippen LogP contribution in [-0.2, 0) is 27.1 Å². The van der Waals surface area contributed by atoms with Crippen molar-refractivity contribution in [3.63, 3.8) is 0 Å². The summed E-state index contributed by atoms with van der Waals surface area (Å²) < 4.78 is 10.5. The molecule has 8 aromatic heterocycles. The SMILES string of the molecule is Cc1ccc(C(=O)CCCC(=O)N2CCOCC2)s1.Cc1ccc(C(=O)CCCN2CCCC2)s1.Cc1ccc(C(=O)CCCN2CCCCC2)s1.Cc1ccc(C(=O)CCCN2CCOCC2)s1.Cc1ccc(C(=O)CCc2ccccc2)s1.Cc1ccc(C(=O)Cc2ccncc2)s1.Cc1ccc(C(=O)N2CCCC2CN2CCCC2)s1. The van der Waals surface area contributed by atoms with Gasteiger partial charge in [-0.3, -0.25) is 48.2 Å². The molecule has 0 radical (unpaired) electrons. The molecule has 0 N–H and O–H groups in total. The number of rotatable bonds is 30. The molecule has 24 heteroatoms. The molecule has 119 heavy (non-hydrogen) atoms. The lowest BCUT2D eigenvalue weighted by Crippen LogP contribution is -2.42. The number of morpholine rings is 2. The highest BCUT2D eigenvalue weighted by atomic mass is 32.1. The molecule has 1 unspecified atom stereocenters. The maximum absolute atomic E-state index is 12.6. The molecule has 0 saturated carbocycles. The molecular formula is C95H125N7O10S7. The lowest BCUT2D eigenvalue weighted by atomic mass is 10.1. The van der Waals surface area contributed by atoms with Crippen molar-refractivity contribution in [1.82, 2.24) is 34.4 Å². The van der Waals surface area contributed by atoms with Crippen LogP contribution in [-0.4, -0.2) is 212 Å². The molecule has 2 amide bonds. The molecule has 15 rings (SSSR count). The highest BCUT2D eigenvalue weighted by Crippen LogP contribution is 2.28. The minimum absolute atomic E-state index is 0.137. The summed E-state index contributed by atoms with van der Waals surface area (Å²) in [6.07, 6.45) is 23.6. The first-order valence-electron chi connectivity index (χ1n) is 42.9. The van der Waals surface area contributed by atoms with Gasteiger partial charge in [0.15, 0.2) is 34.7 Å². The summed E-state index contributed by atoms with van der Waals surface area (Å²) in [6, 6.07) is 41.9. The Morgan fingerprint density at radius 3 is 1.09 bits per heavy atom. The van der Waals surface area contributed by atoms with Crippen LogP contribution in [0.5, 0.6) is 0 Å². The second-order valence-electron chi connectivity index (χ2n) is 31.3. The van der Waals surface area contributed by atoms with Crippen molar-refractivity contribution < 1.29 is 47.8 Å². The van der Waals surface area contributed by atoms with Crippen molar-refractivity contribution in [2.24, 2.45) is 0 Å². The van der Waals surface area contributed by atoms with Crippen LogP contribution < -0.4 is 0 Å². The van der Waals surface area contributed by atoms with Crippen LogP contribution in [0.3, 0.4) is 0 Å². The molecule has 9 aromatic rings. The number of ether oxygens (including phenoxy) is 2. The number of thiophene rings is 7. The topological polar surface area (TPSA) is 187 Å². The van der Waals surface area contributed by atoms with Crippen LogP contribution in [0, 0.1) is 48.5 Å². The summed E-state index contributed by atoms with van der Waals surface area (Å²) in [5.41, 5.74) is 2.24. The number of nitrogens with zero attached hydrogens (tertiary/aromatic N) is 7. The van der Waals surface area contributed by atoms with E-state index in [-0.39, 0.29) is 34.9 Å². The lowest BCUT2D eigenvalue weighted by Gasteiger charge is -2.28. The van der Waals surface area contributed by atoms with Gasteiger partial charge in [-0.25, -0.2) is 0 Å². The maximum atomic E-state index is 12.6. The van der Waals surface area contributed by atoms with Crippen molar-refractivity contribution in [2.45, 2.75) is 189 Å². The van der Waals surface area contributed by atoms with E-state index in [1.54, 1.807) is 80.4 Å². The van der Waals surface area contributed by atoms with Gasteiger partial charge in [0.05, 0.1) is 60.6 Å². The standard InChI is InChI=1S/C15H22N2OS.C14H19NO3S.C14H21NOS.C14H14OS.C13H19NO2S.C13H19NOS.C12H11NOS/c1-12-6-7-14(19-12)15(18)17-10-4-5-13(17)11-16-8-2-3-9-16;1-11-5-6-13(19-11)12(16)3-2-4-14(17)15-7-9-18-10-8-15;1-12-7-8-14(17-12)13(16)6-5-11-15-9-3-2-4-10-15;1-11-7-10-14(16-11)13(15)9-8-12-5-3-2-4-6-12;1-11-4-5-13(17-11)12(15)3-2-6-14-7-9-16-10-8-14;1-11-6-7-13(16-11)12(15)5-4-10-14-8-2-3-9-14;1-9-2-3-12(15-9)11(14)8-10-4-6-13-7-5-10/h6-7,13H,2-5,8-11H2,1H3;5-6H,2-4,7-10H2,1H3;7-8H,2-6,9-11H2,1H3;2-7,10H,8-9H2,1H3;4-5H,2-3,6-10H2,1H3;6-7H,2-5,8-10H2,1H3;2-7H,8H2,1H3. The number of carbonyl (C=O) groups excluding carboxylic acids is 8. The number of hydrogen-bond acceptors (Lipinski definition) is 22. The Balaban J connectivity index is 0.000000158. The van der Waals surface area contributed by atoms with Gasteiger partial charge in [0, 0.05) is 137 Å². The van der Waals surface area contributed by atoms with Gasteiger partial charge in [-0.05, 0) is 299 Å². The Labute approximate surface area is 735 Å². The Kier molecular flexibility index (Phi) is 42.8. The maximum Gasteiger partial charge on any atom is 0.264 e. The number of piperidine rings is 1. The van der Waals surface area contributed by atoms with Crippen LogP contribution in [0.25, 0.3) is 0 Å². The van der Waals surface area contributed by atoms with Gasteiger partial charge in [0.25, 0.3) is 5.91 Å². The molecule has 6 saturated heterocycles. The number of aryl methyl sites for hydroxylation is 8. The largest absolute Gasteiger partial charge is 0.379 e. The quantitative estimate of drug-likeness (QED) is 0.0387. The Bertz CT molecular complexity index is 4430. The number of aromatic nitrogens is 1. The fraction of sp³-hybridized carbons (Fsp3) is 0.505. The van der Waals surface area contributed by atoms with Crippen molar-refractivity contribution in [2.75, 3.05) is 125 Å². The zero-order chi connectivity index (χ0) is 84.5. The van der Waals surface area contributed by atoms with Gasteiger partial charge in [-0.15, -0.1) is 79.4 Å². The van der Waals surface area contributed by atoms with E-state index in [9.17, 15) is 38.4 Å². The molecule has 0 spiro atoms. The molecule has 6 fully saturated rings. The highest BCUT2D eigenvalue weighted by molar-refractivity contribution is 7.16. The second kappa shape index (κ2) is 53.1. The van der Waals surface area contributed by atoms with Gasteiger partial charge < -0.3 is 34.0 Å². The third kappa shape index (κ3) is 35.4. The third-order valence-electron chi connectivity index (χ3n) is 21.5. The molecule has 6 aliphatic heterocycles. The van der Waals surface area contributed by atoms with Crippen LogP contribution in [0.15, 0.2) is 140 Å². The third-order valence-corrected chi connectivity index (χ3v) is 28.7. The number of hydrogen-bond donors (Lipinski definition) is 0. The molecule has 1 atom stereocenters. The van der Waals surface area contributed by atoms with E-state index in [2.05, 4.69) is 55.5 Å². The van der Waals surface area contributed by atoms with Crippen LogP contribution in [0.4, 0.5) is 0 Å². The number of likely N-dealkylation sites (tertiary alicyclic amines) is 4. The van der Waals surface area contributed by atoms with E-state index in [1.165, 1.54) is 137 Å². The van der Waals surface area contributed by atoms with Crippen molar-refractivity contribution in [1.29, 1.82) is 0 Å². The van der Waals surface area contributed by atoms with Crippen LogP contribution >= 0.6 is 79.4 Å². The first-order chi connectivity index (χ1) is 57.7. The average molecular weight is 1750 g/mol. The summed E-state index contributed by atoms with van der Waals surface area (Å²) in [4.78, 5) is 128. The highest BCUT2D eigenvalue weighted by Gasteiger charge is 2.32. The van der Waals surface area contributed by atoms with Crippen molar-refractivity contribution in [3.05, 3.63) is 219 Å². The van der Waals surface area contributed by atoms with E-state index in [4.69, 9.17) is 9.47 Å². The molecule has 1 aromatic carbocycles. The van der Waals surface area contributed by atoms with Crippen molar-refractivity contribution >= 4 is 126 Å². The second-order valence-corrected chi connectivity index (χ2v) is 40.3. The monoisotopic (exact) mass is 1750 g/mol. The first kappa shape index (κ1) is 95.8. The lowest BCUT2D eigenvalue weighted by molar-refractivity contribution is -0.135. The molecule has 6 aliphatic rings. The van der Waals surface area contributed by atoms with Gasteiger partial charge in [0.1, 0.15) is 0 Å². The summed E-state index contributed by atoms with van der Waals surface area (Å²) in [6.45, 7) is 33.1. The Hall–Kier alpha value is -7.01. The number of amides is 2. The summed E-state index contributed by atoms with van der Waals surface area (Å²) >= 11 is 11.1. The van der Waals surface area contributed by atoms with Gasteiger partial charge in [-0.2, -0.15) is 0 Å². The minimum atomic E-state index is 0.137. The van der Waals surface area contributed by atoms with E-state index in [0.717, 1.165) is 136 Å². The summed E-state index contributed by atoms with van der Waals surface area (Å²) in [5, 5.41) is 0. The summed E-state index contributed by atoms with van der Waals surface area (Å²) in [7, 11) is 0. The zero-order valence-electron chi connectivity index (χ0n) is 71.2. The smallest absolute Gasteiger partial charge is 0.264 e. The molecule has 642 valence electrons. The van der Waals surface area contributed by atoms with Crippen LogP contribution in [0.2, 0.25) is 0 Å². The van der Waals surface area contributed by atoms with Gasteiger partial charge in [-0.1, -0.05) is 36.8 Å². The average Bonchev–Trinajstić information content (AvgIpc) is 1.70. The van der Waals surface area contributed by atoms with Gasteiger partial charge >= 0.3 is 0 Å². The molecular weight excluding hydrogens is 1620 g/mol. The van der Waals surface area contributed by atoms with E-state index in [0.29, 0.717) is 95.3 Å². The van der Waals surface area contributed by atoms with E-state index < -0.39 is 0 Å². The van der Waals surface area contributed by atoms with Crippen LogP contribution in [0.1, 0.15) is 235 Å². The number of Topliss-reactive ketones (excluding diaryl/α,β-unsaturated/α-hetero) is 6. The minimum Gasteiger partial charge on any atom is -0.379 e. The van der Waals surface area contributed by atoms with E-state index >= 15 is 0 Å². The van der Waals surface area contributed by atoms with Gasteiger partial charge in [0.2, 0.25) is 5.91 Å². The zero-order valence-corrected chi connectivity index (χ0v) is 76.9. The fourth-order valence-corrected chi connectivity index (χ4v) is 20.6. The fourth-order valence-electron chi connectivity index (χ4n) is 14.8. The number of ketones is 6. The Morgan fingerprint density at radius 2 is 0.689 bits per heavy atom. The van der Waals surface area contributed by atoms with Crippen molar-refractivity contribution in [3.8, 4) is 0 Å². The molecule has 14 heterocycles. The molecule has 17 nitrogen and oxygen atoms in total. The molecule has 0 aliphatic carbocycles. The van der Waals surface area contributed by atoms with E-state index in [1.807, 2.05) is 155 Å². The predicted molar refractivity (Wildman–Crippen MR) is 494 cm³/mol. The Morgan fingerprint density at radius 1 is 0.336 bits per heavy atom. The normalized spacial score (nSPS) is 16.2. The predicted octanol–water partition coefficient (Wildman–Crippen LogP) is 20.7.